The normalized spacial score (nSPS) is 16.4. The predicted molar refractivity (Wildman–Crippen MR) is 65.6 cm³/mol. The van der Waals surface area contributed by atoms with Crippen LogP contribution in [0.4, 0.5) is 4.39 Å². The summed E-state index contributed by atoms with van der Waals surface area (Å²) in [5.74, 6) is -0.783. The van der Waals surface area contributed by atoms with Gasteiger partial charge in [-0.25, -0.2) is 4.39 Å². The lowest BCUT2D eigenvalue weighted by atomic mass is 9.88. The number of halogens is 1. The molecule has 2 rings (SSSR count). The van der Waals surface area contributed by atoms with Crippen LogP contribution in [-0.4, -0.2) is 18.2 Å². The fourth-order valence-corrected chi connectivity index (χ4v) is 2.56. The van der Waals surface area contributed by atoms with Crippen molar-refractivity contribution in [1.29, 1.82) is 0 Å². The van der Waals surface area contributed by atoms with Crippen molar-refractivity contribution in [2.45, 2.75) is 38.5 Å². The van der Waals surface area contributed by atoms with Crippen LogP contribution in [0.25, 0.3) is 0 Å². The van der Waals surface area contributed by atoms with Crippen molar-refractivity contribution in [3.8, 4) is 5.75 Å². The van der Waals surface area contributed by atoms with E-state index in [9.17, 15) is 14.3 Å². The van der Waals surface area contributed by atoms with E-state index < -0.39 is 17.2 Å². The molecule has 0 unspecified atom stereocenters. The summed E-state index contributed by atoms with van der Waals surface area (Å²) in [6, 6.07) is 1.37. The highest BCUT2D eigenvalue weighted by molar-refractivity contribution is 5.86. The van der Waals surface area contributed by atoms with E-state index in [0.717, 1.165) is 5.56 Å². The summed E-state index contributed by atoms with van der Waals surface area (Å²) in [6.07, 6.45) is 1.77. The van der Waals surface area contributed by atoms with Crippen molar-refractivity contribution in [3.05, 3.63) is 28.6 Å². The predicted octanol–water partition coefficient (Wildman–Crippen LogP) is 2.82. The third-order valence-electron chi connectivity index (χ3n) is 3.80. The summed E-state index contributed by atoms with van der Waals surface area (Å²) in [5.41, 5.74) is 0.945. The number of carbonyl (C=O) groups is 1. The monoisotopic (exact) mass is 252 g/mol. The maximum absolute atomic E-state index is 13.9. The first kappa shape index (κ1) is 12.9. The van der Waals surface area contributed by atoms with Gasteiger partial charge in [-0.3, -0.25) is 4.79 Å². The first-order chi connectivity index (χ1) is 8.47. The Morgan fingerprint density at radius 3 is 2.56 bits per heavy atom. The molecule has 0 heterocycles. The molecule has 0 aromatic heterocycles. The Kier molecular flexibility index (Phi) is 3.05. The largest absolute Gasteiger partial charge is 0.496 e. The van der Waals surface area contributed by atoms with Crippen molar-refractivity contribution < 1.29 is 19.0 Å². The molecule has 3 nitrogen and oxygen atoms in total. The highest BCUT2D eigenvalue weighted by Gasteiger charge is 2.53. The van der Waals surface area contributed by atoms with E-state index in [0.29, 0.717) is 36.1 Å². The molecule has 1 aliphatic carbocycles. The van der Waals surface area contributed by atoms with Gasteiger partial charge in [-0.2, -0.15) is 0 Å². The number of hydrogen-bond donors (Lipinski definition) is 1. The maximum atomic E-state index is 13.9. The van der Waals surface area contributed by atoms with Crippen molar-refractivity contribution >= 4 is 5.97 Å². The molecule has 0 saturated heterocycles. The Labute approximate surface area is 106 Å². The van der Waals surface area contributed by atoms with Gasteiger partial charge in [0.15, 0.2) is 0 Å². The van der Waals surface area contributed by atoms with Crippen LogP contribution in [0.1, 0.15) is 36.5 Å². The molecule has 0 spiro atoms. The van der Waals surface area contributed by atoms with Gasteiger partial charge >= 0.3 is 5.97 Å². The molecule has 98 valence electrons. The third-order valence-corrected chi connectivity index (χ3v) is 3.80. The fraction of sp³-hybridized carbons (Fsp3) is 0.500. The van der Waals surface area contributed by atoms with Crippen molar-refractivity contribution in [2.24, 2.45) is 0 Å². The quantitative estimate of drug-likeness (QED) is 0.896. The number of carboxylic acids is 1. The second-order valence-electron chi connectivity index (χ2n) is 4.78. The van der Waals surface area contributed by atoms with Gasteiger partial charge in [-0.05, 0) is 43.4 Å². The second-order valence-corrected chi connectivity index (χ2v) is 4.78. The highest BCUT2D eigenvalue weighted by atomic mass is 19.1. The van der Waals surface area contributed by atoms with Crippen LogP contribution in [0, 0.1) is 12.7 Å². The molecule has 1 aromatic rings. The lowest BCUT2D eigenvalue weighted by molar-refractivity contribution is -0.140. The van der Waals surface area contributed by atoms with Crippen LogP contribution in [0.15, 0.2) is 6.07 Å². The number of carboxylic acid groups (broad SMARTS) is 1. The van der Waals surface area contributed by atoms with Crippen molar-refractivity contribution in [2.75, 3.05) is 7.11 Å². The first-order valence-electron chi connectivity index (χ1n) is 6.07. The fourth-order valence-electron chi connectivity index (χ4n) is 2.56. The van der Waals surface area contributed by atoms with Crippen LogP contribution in [0.5, 0.6) is 5.75 Å². The Morgan fingerprint density at radius 1 is 1.56 bits per heavy atom. The minimum atomic E-state index is -0.896. The Balaban J connectivity index is 2.68. The molecule has 1 aromatic carbocycles. The van der Waals surface area contributed by atoms with Crippen LogP contribution in [0.2, 0.25) is 0 Å². The molecule has 0 radical (unpaired) electrons. The van der Waals surface area contributed by atoms with Crippen LogP contribution >= 0.6 is 0 Å². The summed E-state index contributed by atoms with van der Waals surface area (Å²) in [4.78, 5) is 11.4. The number of rotatable bonds is 4. The van der Waals surface area contributed by atoms with Crippen molar-refractivity contribution in [1.82, 2.24) is 0 Å². The average Bonchev–Trinajstić information content (AvgIpc) is 3.13. The van der Waals surface area contributed by atoms with Gasteiger partial charge in [0, 0.05) is 5.56 Å². The zero-order chi connectivity index (χ0) is 13.5. The lowest BCUT2D eigenvalue weighted by Gasteiger charge is -2.20. The molecule has 0 aliphatic heterocycles. The number of ether oxygens (including phenoxy) is 1. The average molecular weight is 252 g/mol. The smallest absolute Gasteiger partial charge is 0.314 e. The van der Waals surface area contributed by atoms with E-state index in [2.05, 4.69) is 0 Å². The molecule has 4 heteroatoms. The zero-order valence-electron chi connectivity index (χ0n) is 10.8. The Bertz CT molecular complexity index is 504. The minimum Gasteiger partial charge on any atom is -0.496 e. The Hall–Kier alpha value is -1.58. The van der Waals surface area contributed by atoms with Gasteiger partial charge in [-0.1, -0.05) is 6.92 Å². The molecular weight excluding hydrogens is 235 g/mol. The zero-order valence-corrected chi connectivity index (χ0v) is 10.8. The van der Waals surface area contributed by atoms with Gasteiger partial charge < -0.3 is 9.84 Å². The van der Waals surface area contributed by atoms with E-state index in [1.54, 1.807) is 6.92 Å². The molecule has 1 N–H and O–H groups in total. The van der Waals surface area contributed by atoms with Crippen LogP contribution in [-0.2, 0) is 16.6 Å². The van der Waals surface area contributed by atoms with Crippen LogP contribution < -0.4 is 4.74 Å². The number of benzene rings is 1. The van der Waals surface area contributed by atoms with E-state index >= 15 is 0 Å². The molecule has 1 aliphatic rings. The summed E-state index contributed by atoms with van der Waals surface area (Å²) < 4.78 is 19.1. The van der Waals surface area contributed by atoms with E-state index in [4.69, 9.17) is 4.74 Å². The summed E-state index contributed by atoms with van der Waals surface area (Å²) >= 11 is 0. The van der Waals surface area contributed by atoms with Gasteiger partial charge in [0.1, 0.15) is 11.6 Å². The topological polar surface area (TPSA) is 46.5 Å². The summed E-state index contributed by atoms with van der Waals surface area (Å²) in [6.45, 7) is 3.58. The van der Waals surface area contributed by atoms with Crippen molar-refractivity contribution in [3.63, 3.8) is 0 Å². The van der Waals surface area contributed by atoms with E-state index in [-0.39, 0.29) is 0 Å². The molecule has 1 fully saturated rings. The van der Waals surface area contributed by atoms with Gasteiger partial charge in [0.05, 0.1) is 12.5 Å². The maximum Gasteiger partial charge on any atom is 0.314 e. The SMILES string of the molecule is CCc1c(C2(C(=O)O)CC2)cc(F)c(C)c1OC. The standard InChI is InChI=1S/C14H17FO3/c1-4-9-10(14(5-6-14)13(16)17)7-11(15)8(2)12(9)18-3/h7H,4-6H2,1-3H3,(H,16,17). The van der Waals surface area contributed by atoms with Gasteiger partial charge in [0.25, 0.3) is 0 Å². The lowest BCUT2D eigenvalue weighted by Crippen LogP contribution is -2.22. The number of aliphatic carboxylic acids is 1. The van der Waals surface area contributed by atoms with Gasteiger partial charge in [-0.15, -0.1) is 0 Å². The Morgan fingerprint density at radius 2 is 2.17 bits per heavy atom. The summed E-state index contributed by atoms with van der Waals surface area (Å²) in [5, 5.41) is 9.34. The van der Waals surface area contributed by atoms with E-state index in [1.807, 2.05) is 6.92 Å². The molecule has 0 bridgehead atoms. The molecule has 0 amide bonds. The molecular formula is C14H17FO3. The first-order valence-corrected chi connectivity index (χ1v) is 6.07. The van der Waals surface area contributed by atoms with Gasteiger partial charge in [0.2, 0.25) is 0 Å². The second kappa shape index (κ2) is 4.26. The molecule has 18 heavy (non-hydrogen) atoms. The number of hydrogen-bond acceptors (Lipinski definition) is 2. The number of methoxy groups -OCH3 is 1. The van der Waals surface area contributed by atoms with Crippen LogP contribution in [0.3, 0.4) is 0 Å². The molecule has 0 atom stereocenters. The van der Waals surface area contributed by atoms with E-state index in [1.165, 1.54) is 13.2 Å². The molecule has 1 saturated carbocycles. The minimum absolute atomic E-state index is 0.397. The third kappa shape index (κ3) is 1.67. The highest BCUT2D eigenvalue weighted by Crippen LogP contribution is 2.51. The summed E-state index contributed by atoms with van der Waals surface area (Å²) in [7, 11) is 1.49.